The molecule has 1 N–H and O–H groups in total. The van der Waals surface area contributed by atoms with E-state index in [0.29, 0.717) is 0 Å². The molecular weight excluding hydrogens is 101 g/mol. The molecular formula is C2H6NO2P. The number of hydrogen-bond donors (Lipinski definition) is 1. The Hall–Kier alpha value is 0.150. The summed E-state index contributed by atoms with van der Waals surface area (Å²) in [6.45, 7) is 1.63. The molecule has 6 heavy (non-hydrogen) atoms. The number of rotatable bonds is 1. The van der Waals surface area contributed by atoms with Crippen LogP contribution in [0.3, 0.4) is 0 Å². The summed E-state index contributed by atoms with van der Waals surface area (Å²) in [6.07, 6.45) is 0. The van der Waals surface area contributed by atoms with Gasteiger partial charge in [-0.3, -0.25) is 4.57 Å². The highest BCUT2D eigenvalue weighted by Gasteiger charge is 2.20. The van der Waals surface area contributed by atoms with Gasteiger partial charge in [-0.1, -0.05) is 0 Å². The van der Waals surface area contributed by atoms with E-state index in [-0.39, 0.29) is 0 Å². The molecule has 0 aromatic heterocycles. The highest BCUT2D eigenvalue weighted by molar-refractivity contribution is 7.35. The molecule has 0 amide bonds. The first kappa shape index (κ1) is 4.31. The maximum Gasteiger partial charge on any atom is 0.258 e. The van der Waals surface area contributed by atoms with Crippen molar-refractivity contribution < 1.29 is 9.46 Å². The average Bonchev–Trinajstić information content (AvgIpc) is 2.06. The molecule has 1 aliphatic heterocycles. The zero-order chi connectivity index (χ0) is 4.57. The highest BCUT2D eigenvalue weighted by atomic mass is 31.1. The Morgan fingerprint density at radius 1 is 1.67 bits per heavy atom. The zero-order valence-corrected chi connectivity index (χ0v) is 4.22. The van der Waals surface area contributed by atoms with Gasteiger partial charge in [0.15, 0.2) is 0 Å². The molecule has 1 rings (SSSR count). The minimum absolute atomic E-state index is 0.814. The molecule has 1 unspecified atom stereocenters. The normalized spacial score (nSPS) is 26.8. The van der Waals surface area contributed by atoms with Crippen molar-refractivity contribution in [2.45, 2.75) is 0 Å². The number of hydrogen-bond acceptors (Lipinski definition) is 1. The van der Waals surface area contributed by atoms with Gasteiger partial charge in [0, 0.05) is 13.1 Å². The Balaban J connectivity index is 2.31. The molecule has 0 spiro atoms. The van der Waals surface area contributed by atoms with Crippen LogP contribution in [0.25, 0.3) is 0 Å². The lowest BCUT2D eigenvalue weighted by molar-refractivity contribution is 0.471. The topological polar surface area (TPSA) is 40.3 Å². The molecule has 0 radical (unpaired) electrons. The van der Waals surface area contributed by atoms with Crippen LogP contribution in [0.15, 0.2) is 0 Å². The van der Waals surface area contributed by atoms with E-state index in [9.17, 15) is 4.57 Å². The summed E-state index contributed by atoms with van der Waals surface area (Å²) in [4.78, 5) is 8.16. The van der Waals surface area contributed by atoms with Crippen LogP contribution in [0, 0.1) is 0 Å². The Bertz CT molecular complexity index is 79.6. The number of nitrogens with zero attached hydrogens (tertiary/aromatic N) is 1. The fraction of sp³-hybridized carbons (Fsp3) is 1.00. The highest BCUT2D eigenvalue weighted by Crippen LogP contribution is 2.27. The van der Waals surface area contributed by atoms with Crippen LogP contribution in [0.4, 0.5) is 0 Å². The molecule has 0 aliphatic carbocycles. The molecule has 3 nitrogen and oxygen atoms in total. The van der Waals surface area contributed by atoms with Crippen molar-refractivity contribution in [2.24, 2.45) is 0 Å². The van der Waals surface area contributed by atoms with Crippen LogP contribution in [-0.2, 0) is 4.57 Å². The summed E-state index contributed by atoms with van der Waals surface area (Å²) in [5.74, 6) is 0. The van der Waals surface area contributed by atoms with E-state index >= 15 is 0 Å². The monoisotopic (exact) mass is 107 g/mol. The van der Waals surface area contributed by atoms with Gasteiger partial charge in [-0.15, -0.1) is 0 Å². The lowest BCUT2D eigenvalue weighted by Gasteiger charge is -1.83. The van der Waals surface area contributed by atoms with E-state index in [1.165, 1.54) is 4.67 Å². The quantitative estimate of drug-likeness (QED) is 0.369. The lowest BCUT2D eigenvalue weighted by atomic mass is 11.0. The second-order valence-corrected chi connectivity index (χ2v) is 2.47. The van der Waals surface area contributed by atoms with Gasteiger partial charge in [0.2, 0.25) is 0 Å². The van der Waals surface area contributed by atoms with Gasteiger partial charge in [-0.2, -0.15) is 0 Å². The predicted octanol–water partition coefficient (Wildman–Crippen LogP) is -0.316. The second kappa shape index (κ2) is 1.34. The standard InChI is InChI=1S/C2H6NO2P/c4-6(5)3-1-2-3/h6H,1-2H2,(H,4,5). The first-order chi connectivity index (χ1) is 2.80. The maximum atomic E-state index is 9.87. The first-order valence-corrected chi connectivity index (χ1v) is 3.09. The van der Waals surface area contributed by atoms with Gasteiger partial charge in [0.25, 0.3) is 8.18 Å². The maximum absolute atomic E-state index is 9.87. The molecule has 36 valence electrons. The van der Waals surface area contributed by atoms with Gasteiger partial charge in [-0.25, -0.2) is 4.67 Å². The van der Waals surface area contributed by atoms with Crippen LogP contribution in [0.5, 0.6) is 0 Å². The third-order valence-electron chi connectivity index (χ3n) is 0.718. The summed E-state index contributed by atoms with van der Waals surface area (Å²) in [6, 6.07) is 0. The predicted molar refractivity (Wildman–Crippen MR) is 22.8 cm³/mol. The van der Waals surface area contributed by atoms with Crippen molar-refractivity contribution in [1.29, 1.82) is 0 Å². The molecule has 0 aromatic carbocycles. The fourth-order valence-corrected chi connectivity index (χ4v) is 0.724. The molecule has 1 aliphatic rings. The molecule has 0 saturated carbocycles. The van der Waals surface area contributed by atoms with E-state index < -0.39 is 8.18 Å². The van der Waals surface area contributed by atoms with E-state index in [0.717, 1.165) is 13.1 Å². The van der Waals surface area contributed by atoms with E-state index in [4.69, 9.17) is 4.89 Å². The Morgan fingerprint density at radius 2 is 2.17 bits per heavy atom. The zero-order valence-electron chi connectivity index (χ0n) is 3.22. The molecule has 1 saturated heterocycles. The summed E-state index contributed by atoms with van der Waals surface area (Å²) < 4.78 is 11.4. The van der Waals surface area contributed by atoms with Gasteiger partial charge in [-0.05, 0) is 0 Å². The van der Waals surface area contributed by atoms with Crippen molar-refractivity contribution in [3.8, 4) is 0 Å². The van der Waals surface area contributed by atoms with Crippen LogP contribution in [0.1, 0.15) is 0 Å². The van der Waals surface area contributed by atoms with Crippen molar-refractivity contribution in [3.05, 3.63) is 0 Å². The van der Waals surface area contributed by atoms with Crippen LogP contribution >= 0.6 is 8.18 Å². The SMILES string of the molecule is O=[PH](O)N1CC1. The molecule has 4 heteroatoms. The van der Waals surface area contributed by atoms with Crippen molar-refractivity contribution >= 4 is 8.18 Å². The van der Waals surface area contributed by atoms with Crippen LogP contribution < -0.4 is 0 Å². The summed E-state index contributed by atoms with van der Waals surface area (Å²) >= 11 is 0. The molecule has 1 fully saturated rings. The fourth-order valence-electron chi connectivity index (χ4n) is 0.241. The summed E-state index contributed by atoms with van der Waals surface area (Å²) in [5, 5.41) is 0. The molecule has 0 bridgehead atoms. The summed E-state index contributed by atoms with van der Waals surface area (Å²) in [5.41, 5.74) is 0. The molecule has 0 aromatic rings. The van der Waals surface area contributed by atoms with Gasteiger partial charge >= 0.3 is 0 Å². The smallest absolute Gasteiger partial charge is 0.258 e. The van der Waals surface area contributed by atoms with Crippen molar-refractivity contribution in [1.82, 2.24) is 4.67 Å². The average molecular weight is 107 g/mol. The summed E-state index contributed by atoms with van der Waals surface area (Å²) in [7, 11) is -2.26. The van der Waals surface area contributed by atoms with E-state index in [1.54, 1.807) is 0 Å². The van der Waals surface area contributed by atoms with Gasteiger partial charge in [0.1, 0.15) is 0 Å². The van der Waals surface area contributed by atoms with Crippen molar-refractivity contribution in [3.63, 3.8) is 0 Å². The van der Waals surface area contributed by atoms with Crippen LogP contribution in [0.2, 0.25) is 0 Å². The van der Waals surface area contributed by atoms with Crippen LogP contribution in [-0.4, -0.2) is 22.7 Å². The molecule has 1 atom stereocenters. The molecule has 1 heterocycles. The third-order valence-corrected chi connectivity index (χ3v) is 1.71. The Kier molecular flexibility index (Phi) is 0.960. The largest absolute Gasteiger partial charge is 0.335 e. The van der Waals surface area contributed by atoms with Crippen molar-refractivity contribution in [2.75, 3.05) is 13.1 Å². The van der Waals surface area contributed by atoms with E-state index in [1.807, 2.05) is 0 Å². The van der Waals surface area contributed by atoms with E-state index in [2.05, 4.69) is 0 Å². The Morgan fingerprint density at radius 3 is 2.17 bits per heavy atom. The minimum atomic E-state index is -2.26. The minimum Gasteiger partial charge on any atom is -0.335 e. The lowest BCUT2D eigenvalue weighted by Crippen LogP contribution is -1.73. The first-order valence-electron chi connectivity index (χ1n) is 1.78. The van der Waals surface area contributed by atoms with Gasteiger partial charge < -0.3 is 4.89 Å². The third kappa shape index (κ3) is 0.805. The van der Waals surface area contributed by atoms with Gasteiger partial charge in [0.05, 0.1) is 0 Å². The second-order valence-electron chi connectivity index (χ2n) is 1.27. The Labute approximate surface area is 36.5 Å².